The number of rotatable bonds is 12. The zero-order chi connectivity index (χ0) is 51.0. The fraction of sp³-hybridized carbons (Fsp3) is 0.577. The number of esters is 2. The first-order chi connectivity index (χ1) is 33.0. The fourth-order valence-corrected chi connectivity index (χ4v) is 9.33. The van der Waals surface area contributed by atoms with E-state index >= 15 is 8.78 Å². The first-order valence-electron chi connectivity index (χ1n) is 24.6. The molecule has 8 rings (SSSR count). The van der Waals surface area contributed by atoms with Gasteiger partial charge in [0.25, 0.3) is 11.1 Å². The largest absolute Gasteiger partial charge is 0.462 e. The maximum absolute atomic E-state index is 15.3. The molecule has 70 heavy (non-hydrogen) atoms. The predicted octanol–water partition coefficient (Wildman–Crippen LogP) is 8.78. The predicted molar refractivity (Wildman–Crippen MR) is 263 cm³/mol. The Morgan fingerprint density at radius 2 is 0.957 bits per heavy atom. The molecular weight excluding hydrogens is 907 g/mol. The molecule has 4 aromatic rings. The van der Waals surface area contributed by atoms with E-state index in [1.165, 1.54) is 24.3 Å². The molecule has 0 radical (unpaired) electrons. The number of alkyl carbamates (subject to hydrolysis) is 2. The summed E-state index contributed by atoms with van der Waals surface area (Å²) in [7, 11) is 0. The summed E-state index contributed by atoms with van der Waals surface area (Å²) in [6.45, 7) is 20.8. The molecule has 4 heterocycles. The molecule has 2 aliphatic heterocycles. The van der Waals surface area contributed by atoms with Gasteiger partial charge >= 0.3 is 24.1 Å². The lowest BCUT2D eigenvalue weighted by Gasteiger charge is -2.25. The minimum Gasteiger partial charge on any atom is -0.462 e. The summed E-state index contributed by atoms with van der Waals surface area (Å²) in [4.78, 5) is 79.2. The minimum absolute atomic E-state index is 0.00191. The molecule has 16 nitrogen and oxygen atoms in total. The second kappa shape index (κ2) is 20.6. The summed E-state index contributed by atoms with van der Waals surface area (Å²) in [5.41, 5.74) is -0.0200. The number of aromatic nitrogens is 2. The Bertz CT molecular complexity index is 2580. The van der Waals surface area contributed by atoms with Crippen LogP contribution in [-0.4, -0.2) is 95.9 Å². The Kier molecular flexibility index (Phi) is 15.2. The highest BCUT2D eigenvalue weighted by molar-refractivity contribution is 5.96. The van der Waals surface area contributed by atoms with Crippen molar-refractivity contribution in [2.45, 2.75) is 143 Å². The topological polar surface area (TPSA) is 180 Å². The molecule has 2 saturated heterocycles. The number of pyridine rings is 2. The maximum Gasteiger partial charge on any atom is 0.407 e. The molecule has 18 heteroatoms. The van der Waals surface area contributed by atoms with Crippen molar-refractivity contribution in [1.82, 2.24) is 19.8 Å². The monoisotopic (exact) mass is 974 g/mol. The van der Waals surface area contributed by atoms with Crippen LogP contribution in [0.25, 0.3) is 21.8 Å². The van der Waals surface area contributed by atoms with Gasteiger partial charge < -0.3 is 48.5 Å². The standard InChI is InChI=1S/2C26H34FN3O5/c2*1-6-34-24(32)19-11-17-12-20(27)22(13-21(17)30(23(19)31)18-7-8-18)29-10-9-16(14-29)15(2)28-25(33)35-26(3,4)5/h2*11-13,15-16,18H,6-10,14H2,1-5H3,(H,28,33)/t15-,16+;15-,16-/m00/s1. The van der Waals surface area contributed by atoms with E-state index in [-0.39, 0.29) is 60.3 Å². The zero-order valence-corrected chi connectivity index (χ0v) is 42.0. The van der Waals surface area contributed by atoms with Gasteiger partial charge in [0.2, 0.25) is 0 Å². The van der Waals surface area contributed by atoms with Crippen molar-refractivity contribution in [3.8, 4) is 0 Å². The Hall–Kier alpha value is -6.20. The highest BCUT2D eigenvalue weighted by Crippen LogP contribution is 2.40. The molecule has 380 valence electrons. The van der Waals surface area contributed by atoms with Crippen molar-refractivity contribution >= 4 is 57.3 Å². The number of carbonyl (C=O) groups excluding carboxylic acids is 4. The van der Waals surface area contributed by atoms with Gasteiger partial charge in [0, 0.05) is 61.1 Å². The van der Waals surface area contributed by atoms with Crippen molar-refractivity contribution in [3.05, 3.63) is 79.9 Å². The van der Waals surface area contributed by atoms with Crippen LogP contribution in [0.2, 0.25) is 0 Å². The summed E-state index contributed by atoms with van der Waals surface area (Å²) < 4.78 is 54.6. The first-order valence-corrected chi connectivity index (χ1v) is 24.6. The molecule has 2 N–H and O–H groups in total. The second-order valence-corrected chi connectivity index (χ2v) is 21.0. The third-order valence-corrected chi connectivity index (χ3v) is 13.1. The van der Waals surface area contributed by atoms with Crippen LogP contribution in [-0.2, 0) is 18.9 Å². The highest BCUT2D eigenvalue weighted by atomic mass is 19.1. The van der Waals surface area contributed by atoms with Crippen LogP contribution in [0.15, 0.2) is 46.0 Å². The summed E-state index contributed by atoms with van der Waals surface area (Å²) in [6.07, 6.45) is 4.00. The summed E-state index contributed by atoms with van der Waals surface area (Å²) in [6, 6.07) is 8.79. The Morgan fingerprint density at radius 1 is 0.600 bits per heavy atom. The van der Waals surface area contributed by atoms with Crippen LogP contribution in [0.1, 0.15) is 141 Å². The van der Waals surface area contributed by atoms with Crippen molar-refractivity contribution in [2.75, 3.05) is 49.2 Å². The Labute approximate surface area is 406 Å². The van der Waals surface area contributed by atoms with Crippen LogP contribution >= 0.6 is 0 Å². The van der Waals surface area contributed by atoms with E-state index in [1.807, 2.05) is 65.2 Å². The number of amides is 2. The first kappa shape index (κ1) is 51.6. The number of ether oxygens (including phenoxy) is 4. The Balaban J connectivity index is 0.000000206. The van der Waals surface area contributed by atoms with E-state index in [2.05, 4.69) is 10.6 Å². The number of nitrogens with zero attached hydrogens (tertiary/aromatic N) is 4. The lowest BCUT2D eigenvalue weighted by atomic mass is 10.0. The third-order valence-electron chi connectivity index (χ3n) is 13.1. The number of fused-ring (bicyclic) bond motifs is 2. The summed E-state index contributed by atoms with van der Waals surface area (Å²) in [5, 5.41) is 6.77. The van der Waals surface area contributed by atoms with Crippen LogP contribution < -0.4 is 31.6 Å². The fourth-order valence-electron chi connectivity index (χ4n) is 9.33. The average Bonchev–Trinajstić information content (AvgIpc) is 4.18. The third kappa shape index (κ3) is 12.0. The van der Waals surface area contributed by atoms with Gasteiger partial charge in [-0.3, -0.25) is 9.59 Å². The van der Waals surface area contributed by atoms with E-state index in [1.54, 1.807) is 35.1 Å². The number of nitrogens with one attached hydrogen (secondary N) is 2. The smallest absolute Gasteiger partial charge is 0.407 e. The number of hydrogen-bond donors (Lipinski definition) is 2. The molecule has 2 aliphatic carbocycles. The van der Waals surface area contributed by atoms with Crippen LogP contribution in [0.4, 0.5) is 29.7 Å². The molecule has 0 bridgehead atoms. The van der Waals surface area contributed by atoms with Crippen LogP contribution in [0.5, 0.6) is 0 Å². The van der Waals surface area contributed by atoms with Gasteiger partial charge in [0.05, 0.1) is 35.6 Å². The van der Waals surface area contributed by atoms with Gasteiger partial charge in [0.15, 0.2) is 0 Å². The van der Waals surface area contributed by atoms with Crippen molar-refractivity contribution in [3.63, 3.8) is 0 Å². The van der Waals surface area contributed by atoms with Gasteiger partial charge in [-0.25, -0.2) is 28.0 Å². The van der Waals surface area contributed by atoms with Gasteiger partial charge in [-0.1, -0.05) is 0 Å². The molecule has 4 aliphatic rings. The zero-order valence-electron chi connectivity index (χ0n) is 42.0. The van der Waals surface area contributed by atoms with E-state index in [9.17, 15) is 28.8 Å². The molecule has 4 atom stereocenters. The normalized spacial score (nSPS) is 19.0. The molecule has 0 spiro atoms. The number of carbonyl (C=O) groups is 4. The Morgan fingerprint density at radius 3 is 1.27 bits per heavy atom. The van der Waals surface area contributed by atoms with E-state index in [0.29, 0.717) is 59.4 Å². The van der Waals surface area contributed by atoms with Crippen molar-refractivity contribution in [2.24, 2.45) is 11.8 Å². The van der Waals surface area contributed by atoms with Gasteiger partial charge in [-0.15, -0.1) is 0 Å². The van der Waals surface area contributed by atoms with E-state index in [4.69, 9.17) is 18.9 Å². The van der Waals surface area contributed by atoms with Crippen molar-refractivity contribution in [1.29, 1.82) is 0 Å². The summed E-state index contributed by atoms with van der Waals surface area (Å²) in [5.74, 6) is -1.97. The highest BCUT2D eigenvalue weighted by Gasteiger charge is 2.35. The number of benzene rings is 2. The second-order valence-electron chi connectivity index (χ2n) is 21.0. The molecule has 2 aromatic heterocycles. The number of anilines is 2. The molecule has 2 amide bonds. The molecular formula is C52H68F2N6O10. The van der Waals surface area contributed by atoms with Crippen molar-refractivity contribution < 1.29 is 46.9 Å². The lowest BCUT2D eigenvalue weighted by Crippen LogP contribution is -2.42. The summed E-state index contributed by atoms with van der Waals surface area (Å²) >= 11 is 0. The maximum atomic E-state index is 15.3. The van der Waals surface area contributed by atoms with Crippen LogP contribution in [0.3, 0.4) is 0 Å². The number of hydrogen-bond acceptors (Lipinski definition) is 12. The molecule has 4 fully saturated rings. The van der Waals surface area contributed by atoms with E-state index < -0.39 is 58.1 Å². The lowest BCUT2D eigenvalue weighted by molar-refractivity contribution is 0.0482. The molecule has 2 aromatic carbocycles. The van der Waals surface area contributed by atoms with Crippen LogP contribution in [0, 0.1) is 23.5 Å². The van der Waals surface area contributed by atoms with Gasteiger partial charge in [0.1, 0.15) is 34.0 Å². The van der Waals surface area contributed by atoms with Gasteiger partial charge in [-0.05, 0) is 156 Å². The van der Waals surface area contributed by atoms with Gasteiger partial charge in [-0.2, -0.15) is 0 Å². The quantitative estimate of drug-likeness (QED) is 0.102. The molecule has 2 saturated carbocycles. The van der Waals surface area contributed by atoms with E-state index in [0.717, 1.165) is 38.5 Å². The molecule has 0 unspecified atom stereocenters. The SMILES string of the molecule is CCOC(=O)c1cc2cc(F)c(N3CC[C@@H]([C@H](C)NC(=O)OC(C)(C)C)C3)cc2n(C2CC2)c1=O.CCOC(=O)c1cc2cc(F)c(N3CC[C@H]([C@H](C)NC(=O)OC(C)(C)C)C3)cc2n(C2CC2)c1=O. The number of halogens is 2. The minimum atomic E-state index is -0.688. The average molecular weight is 975 g/mol.